The summed E-state index contributed by atoms with van der Waals surface area (Å²) >= 11 is 0. The summed E-state index contributed by atoms with van der Waals surface area (Å²) in [6, 6.07) is 16.5. The molecule has 3 aromatic rings. The van der Waals surface area contributed by atoms with Crippen LogP contribution in [0.2, 0.25) is 0 Å². The molecule has 0 saturated heterocycles. The smallest absolute Gasteiger partial charge is 0.0558 e. The molecule has 0 aliphatic heterocycles. The first-order valence-electron chi connectivity index (χ1n) is 6.81. The van der Waals surface area contributed by atoms with Crippen molar-refractivity contribution < 1.29 is 0 Å². The van der Waals surface area contributed by atoms with Crippen LogP contribution in [-0.4, -0.2) is 4.57 Å². The van der Waals surface area contributed by atoms with Crippen molar-refractivity contribution >= 4 is 22.7 Å². The second-order valence-electron chi connectivity index (χ2n) is 4.91. The molecular formula is C18H18N2. The average Bonchev–Trinajstić information content (AvgIpc) is 2.74. The molecule has 100 valence electrons. The minimum atomic E-state index is 0.827. The van der Waals surface area contributed by atoms with Gasteiger partial charge in [0.05, 0.1) is 5.52 Å². The van der Waals surface area contributed by atoms with Crippen molar-refractivity contribution in [2.75, 3.05) is 5.73 Å². The highest BCUT2D eigenvalue weighted by molar-refractivity contribution is 6.00. The number of nitrogens with two attached hydrogens (primary N) is 1. The third-order valence-corrected chi connectivity index (χ3v) is 3.66. The van der Waals surface area contributed by atoms with Gasteiger partial charge < -0.3 is 10.3 Å². The van der Waals surface area contributed by atoms with Gasteiger partial charge in [-0.25, -0.2) is 0 Å². The van der Waals surface area contributed by atoms with Crippen molar-refractivity contribution in [2.45, 2.75) is 13.8 Å². The number of allylic oxidation sites excluding steroid dienone is 1. The Labute approximate surface area is 119 Å². The summed E-state index contributed by atoms with van der Waals surface area (Å²) in [4.78, 5) is 0. The average molecular weight is 262 g/mol. The monoisotopic (exact) mass is 262 g/mol. The standard InChI is InChI=1S/C18H18N2/c1-3-8-15-13(2)20(14-9-5-4-6-10-14)17-12-7-11-16(19)18(15)17/h3-12H,19H2,1-2H3/b8-3-. The first kappa shape index (κ1) is 12.5. The number of para-hydroxylation sites is 1. The number of fused-ring (bicyclic) bond motifs is 1. The second kappa shape index (κ2) is 4.89. The fourth-order valence-electron chi connectivity index (χ4n) is 2.80. The van der Waals surface area contributed by atoms with E-state index in [4.69, 9.17) is 5.73 Å². The van der Waals surface area contributed by atoms with E-state index in [0.717, 1.165) is 22.3 Å². The van der Waals surface area contributed by atoms with Crippen LogP contribution in [0.25, 0.3) is 22.7 Å². The third kappa shape index (κ3) is 1.81. The normalized spacial score (nSPS) is 11.5. The van der Waals surface area contributed by atoms with Crippen LogP contribution in [0, 0.1) is 6.92 Å². The lowest BCUT2D eigenvalue weighted by molar-refractivity contribution is 1.05. The van der Waals surface area contributed by atoms with Gasteiger partial charge in [-0.3, -0.25) is 0 Å². The SMILES string of the molecule is C/C=C\c1c(C)n(-c2ccccc2)c2cccc(N)c12. The molecule has 0 fully saturated rings. The quantitative estimate of drug-likeness (QED) is 0.675. The number of aromatic nitrogens is 1. The van der Waals surface area contributed by atoms with Crippen LogP contribution in [0.15, 0.2) is 54.6 Å². The number of anilines is 1. The van der Waals surface area contributed by atoms with Gasteiger partial charge in [-0.15, -0.1) is 0 Å². The Morgan fingerprint density at radius 2 is 1.75 bits per heavy atom. The maximum Gasteiger partial charge on any atom is 0.0558 e. The molecule has 0 atom stereocenters. The lowest BCUT2D eigenvalue weighted by Crippen LogP contribution is -1.96. The summed E-state index contributed by atoms with van der Waals surface area (Å²) < 4.78 is 2.26. The molecule has 0 aliphatic carbocycles. The number of benzene rings is 2. The molecule has 0 saturated carbocycles. The molecule has 20 heavy (non-hydrogen) atoms. The summed E-state index contributed by atoms with van der Waals surface area (Å²) in [5, 5.41) is 1.13. The van der Waals surface area contributed by atoms with E-state index in [2.05, 4.69) is 54.0 Å². The highest BCUT2D eigenvalue weighted by atomic mass is 15.0. The molecule has 0 aliphatic rings. The molecule has 0 amide bonds. The van der Waals surface area contributed by atoms with Gasteiger partial charge in [-0.1, -0.05) is 36.4 Å². The zero-order valence-corrected chi connectivity index (χ0v) is 11.8. The van der Waals surface area contributed by atoms with E-state index in [1.165, 1.54) is 11.3 Å². The molecule has 0 bridgehead atoms. The van der Waals surface area contributed by atoms with Crippen LogP contribution in [-0.2, 0) is 0 Å². The summed E-state index contributed by atoms with van der Waals surface area (Å²) in [5.41, 5.74) is 11.8. The van der Waals surface area contributed by atoms with Crippen molar-refractivity contribution in [2.24, 2.45) is 0 Å². The summed E-state index contributed by atoms with van der Waals surface area (Å²) in [6.07, 6.45) is 4.19. The van der Waals surface area contributed by atoms with Gasteiger partial charge in [0.2, 0.25) is 0 Å². The van der Waals surface area contributed by atoms with Crippen LogP contribution in [0.1, 0.15) is 18.2 Å². The van der Waals surface area contributed by atoms with Crippen LogP contribution in [0.5, 0.6) is 0 Å². The van der Waals surface area contributed by atoms with E-state index >= 15 is 0 Å². The van der Waals surface area contributed by atoms with Crippen molar-refractivity contribution in [3.05, 3.63) is 65.9 Å². The molecule has 1 heterocycles. The Kier molecular flexibility index (Phi) is 3.07. The topological polar surface area (TPSA) is 30.9 Å². The molecule has 0 spiro atoms. The predicted octanol–water partition coefficient (Wildman–Crippen LogP) is 4.55. The van der Waals surface area contributed by atoms with Crippen molar-refractivity contribution in [1.82, 2.24) is 4.57 Å². The Hall–Kier alpha value is -2.48. The van der Waals surface area contributed by atoms with Crippen LogP contribution in [0.3, 0.4) is 0 Å². The van der Waals surface area contributed by atoms with E-state index in [1.807, 2.05) is 25.1 Å². The van der Waals surface area contributed by atoms with Gasteiger partial charge in [0, 0.05) is 28.0 Å². The lowest BCUT2D eigenvalue weighted by Gasteiger charge is -2.08. The molecule has 0 radical (unpaired) electrons. The van der Waals surface area contributed by atoms with E-state index in [-0.39, 0.29) is 0 Å². The zero-order valence-electron chi connectivity index (χ0n) is 11.8. The molecule has 2 aromatic carbocycles. The summed E-state index contributed by atoms with van der Waals surface area (Å²) in [6.45, 7) is 4.17. The minimum Gasteiger partial charge on any atom is -0.398 e. The van der Waals surface area contributed by atoms with Crippen LogP contribution >= 0.6 is 0 Å². The van der Waals surface area contributed by atoms with Crippen molar-refractivity contribution in [3.63, 3.8) is 0 Å². The molecule has 3 rings (SSSR count). The van der Waals surface area contributed by atoms with E-state index in [0.29, 0.717) is 0 Å². The highest BCUT2D eigenvalue weighted by Gasteiger charge is 2.14. The Morgan fingerprint density at radius 1 is 1.00 bits per heavy atom. The largest absolute Gasteiger partial charge is 0.398 e. The van der Waals surface area contributed by atoms with Gasteiger partial charge in [0.15, 0.2) is 0 Å². The van der Waals surface area contributed by atoms with Gasteiger partial charge in [-0.05, 0) is 38.1 Å². The molecular weight excluding hydrogens is 244 g/mol. The van der Waals surface area contributed by atoms with Crippen molar-refractivity contribution in [1.29, 1.82) is 0 Å². The molecule has 2 nitrogen and oxygen atoms in total. The zero-order chi connectivity index (χ0) is 14.1. The van der Waals surface area contributed by atoms with Crippen LogP contribution < -0.4 is 5.73 Å². The lowest BCUT2D eigenvalue weighted by atomic mass is 10.1. The first-order chi connectivity index (χ1) is 9.74. The Balaban J connectivity index is 2.44. The van der Waals surface area contributed by atoms with Crippen molar-refractivity contribution in [3.8, 4) is 5.69 Å². The fourth-order valence-corrected chi connectivity index (χ4v) is 2.80. The van der Waals surface area contributed by atoms with Gasteiger partial charge >= 0.3 is 0 Å². The van der Waals surface area contributed by atoms with E-state index in [9.17, 15) is 0 Å². The highest BCUT2D eigenvalue weighted by Crippen LogP contribution is 2.33. The minimum absolute atomic E-state index is 0.827. The van der Waals surface area contributed by atoms with Gasteiger partial charge in [0.25, 0.3) is 0 Å². The molecule has 2 N–H and O–H groups in total. The Bertz CT molecular complexity index is 780. The number of hydrogen-bond donors (Lipinski definition) is 1. The Morgan fingerprint density at radius 3 is 2.45 bits per heavy atom. The maximum atomic E-state index is 6.20. The number of rotatable bonds is 2. The first-order valence-corrected chi connectivity index (χ1v) is 6.81. The van der Waals surface area contributed by atoms with Gasteiger partial charge in [0.1, 0.15) is 0 Å². The second-order valence-corrected chi connectivity index (χ2v) is 4.91. The van der Waals surface area contributed by atoms with Gasteiger partial charge in [-0.2, -0.15) is 0 Å². The van der Waals surface area contributed by atoms with Crippen LogP contribution in [0.4, 0.5) is 5.69 Å². The number of nitrogens with zero attached hydrogens (tertiary/aromatic N) is 1. The summed E-state index contributed by atoms with van der Waals surface area (Å²) in [5.74, 6) is 0. The number of nitrogen functional groups attached to an aromatic ring is 1. The molecule has 0 unspecified atom stereocenters. The van der Waals surface area contributed by atoms with E-state index < -0.39 is 0 Å². The third-order valence-electron chi connectivity index (χ3n) is 3.66. The van der Waals surface area contributed by atoms with E-state index in [1.54, 1.807) is 0 Å². The molecule has 2 heteroatoms. The fraction of sp³-hybridized carbons (Fsp3) is 0.111. The predicted molar refractivity (Wildman–Crippen MR) is 87.1 cm³/mol. The summed E-state index contributed by atoms with van der Waals surface area (Å²) in [7, 11) is 0. The number of hydrogen-bond acceptors (Lipinski definition) is 1. The molecule has 1 aromatic heterocycles. The maximum absolute atomic E-state index is 6.20.